The molecule has 106 valence electrons. The number of ketones is 1. The van der Waals surface area contributed by atoms with Crippen molar-refractivity contribution in [2.24, 2.45) is 0 Å². The minimum Gasteiger partial charge on any atom is -0.288 e. The Morgan fingerprint density at radius 2 is 1.95 bits per heavy atom. The highest BCUT2D eigenvalue weighted by atomic mass is 32.1. The number of hydrogen-bond acceptors (Lipinski definition) is 5. The fraction of sp³-hybridized carbons (Fsp3) is 0. The molecule has 4 rings (SSSR count). The van der Waals surface area contributed by atoms with Crippen molar-refractivity contribution in [3.63, 3.8) is 0 Å². The topological polar surface area (TPSA) is 60.2 Å². The Bertz CT molecular complexity index is 945. The van der Waals surface area contributed by atoms with Gasteiger partial charge in [0.05, 0.1) is 17.5 Å². The van der Waals surface area contributed by atoms with Gasteiger partial charge in [0.1, 0.15) is 0 Å². The molecule has 4 aromatic rings. The van der Waals surface area contributed by atoms with Crippen LogP contribution in [-0.2, 0) is 0 Å². The highest BCUT2D eigenvalue weighted by molar-refractivity contribution is 7.08. The zero-order valence-corrected chi connectivity index (χ0v) is 12.2. The first-order valence-corrected chi connectivity index (χ1v) is 7.59. The zero-order chi connectivity index (χ0) is 14.9. The number of carbonyl (C=O) groups excluding carboxylic acids is 1. The summed E-state index contributed by atoms with van der Waals surface area (Å²) in [4.78, 5) is 20.9. The molecular formula is C16H10N4OS. The quantitative estimate of drug-likeness (QED) is 0.546. The second kappa shape index (κ2) is 5.16. The van der Waals surface area contributed by atoms with Crippen molar-refractivity contribution in [1.29, 1.82) is 0 Å². The molecule has 0 bridgehead atoms. The summed E-state index contributed by atoms with van der Waals surface area (Å²) in [6.45, 7) is 0. The van der Waals surface area contributed by atoms with E-state index in [0.717, 1.165) is 11.3 Å². The predicted molar refractivity (Wildman–Crippen MR) is 84.0 cm³/mol. The standard InChI is InChI=1S/C16H10N4OS/c21-15(11-1-5-17-6-2-11)13-9-19-20-14(3-7-18-16(13)20)12-4-8-22-10-12/h1-10H. The molecule has 0 aliphatic rings. The molecule has 4 aromatic heterocycles. The Morgan fingerprint density at radius 1 is 1.09 bits per heavy atom. The van der Waals surface area contributed by atoms with Crippen molar-refractivity contribution in [3.8, 4) is 11.3 Å². The fourth-order valence-corrected chi connectivity index (χ4v) is 2.99. The molecule has 0 atom stereocenters. The van der Waals surface area contributed by atoms with Crippen LogP contribution in [0.2, 0.25) is 0 Å². The van der Waals surface area contributed by atoms with Gasteiger partial charge in [-0.2, -0.15) is 16.4 Å². The molecule has 6 heteroatoms. The van der Waals surface area contributed by atoms with E-state index < -0.39 is 0 Å². The van der Waals surface area contributed by atoms with Crippen molar-refractivity contribution in [3.05, 3.63) is 70.9 Å². The van der Waals surface area contributed by atoms with Gasteiger partial charge < -0.3 is 0 Å². The Kier molecular flexibility index (Phi) is 3.01. The van der Waals surface area contributed by atoms with E-state index >= 15 is 0 Å². The second-order valence-electron chi connectivity index (χ2n) is 4.70. The summed E-state index contributed by atoms with van der Waals surface area (Å²) >= 11 is 1.62. The van der Waals surface area contributed by atoms with E-state index in [2.05, 4.69) is 15.1 Å². The Morgan fingerprint density at radius 3 is 2.73 bits per heavy atom. The van der Waals surface area contributed by atoms with Gasteiger partial charge in [-0.1, -0.05) is 0 Å². The maximum absolute atomic E-state index is 12.6. The van der Waals surface area contributed by atoms with Gasteiger partial charge in [-0.15, -0.1) is 0 Å². The molecule has 4 heterocycles. The molecule has 0 spiro atoms. The third kappa shape index (κ3) is 2.01. The first-order valence-electron chi connectivity index (χ1n) is 6.64. The maximum atomic E-state index is 12.6. The van der Waals surface area contributed by atoms with Crippen molar-refractivity contribution < 1.29 is 4.79 Å². The number of pyridine rings is 1. The summed E-state index contributed by atoms with van der Waals surface area (Å²) in [6, 6.07) is 7.29. The molecule has 0 aliphatic carbocycles. The molecule has 5 nitrogen and oxygen atoms in total. The van der Waals surface area contributed by atoms with Crippen molar-refractivity contribution in [2.75, 3.05) is 0 Å². The lowest BCUT2D eigenvalue weighted by Crippen LogP contribution is -2.02. The zero-order valence-electron chi connectivity index (χ0n) is 11.4. The van der Waals surface area contributed by atoms with Crippen molar-refractivity contribution >= 4 is 22.8 Å². The molecule has 0 aromatic carbocycles. The average molecular weight is 306 g/mol. The van der Waals surface area contributed by atoms with Crippen LogP contribution in [0.3, 0.4) is 0 Å². The third-order valence-corrected chi connectivity index (χ3v) is 4.09. The number of carbonyl (C=O) groups is 1. The molecular weight excluding hydrogens is 296 g/mol. The number of aromatic nitrogens is 4. The molecule has 0 unspecified atom stereocenters. The Balaban J connectivity index is 1.88. The van der Waals surface area contributed by atoms with Crippen LogP contribution in [0.5, 0.6) is 0 Å². The first kappa shape index (κ1) is 12.8. The van der Waals surface area contributed by atoms with E-state index in [1.54, 1.807) is 52.8 Å². The molecule has 0 saturated heterocycles. The predicted octanol–water partition coefficient (Wildman–Crippen LogP) is 3.08. The van der Waals surface area contributed by atoms with Crippen LogP contribution in [0.1, 0.15) is 15.9 Å². The number of rotatable bonds is 3. The SMILES string of the molecule is O=C(c1ccncc1)c1cnn2c(-c3ccsc3)ccnc12. The molecule has 0 aliphatic heterocycles. The first-order chi connectivity index (χ1) is 10.8. The van der Waals surface area contributed by atoms with Crippen LogP contribution in [0.15, 0.2) is 59.8 Å². The van der Waals surface area contributed by atoms with Gasteiger partial charge in [-0.3, -0.25) is 9.78 Å². The lowest BCUT2D eigenvalue weighted by molar-refractivity contribution is 0.104. The normalized spacial score (nSPS) is 10.9. The van der Waals surface area contributed by atoms with Crippen LogP contribution in [-0.4, -0.2) is 25.4 Å². The molecule has 0 fully saturated rings. The minimum atomic E-state index is -0.104. The van der Waals surface area contributed by atoms with Crippen LogP contribution >= 0.6 is 11.3 Å². The summed E-state index contributed by atoms with van der Waals surface area (Å²) in [7, 11) is 0. The molecule has 0 N–H and O–H groups in total. The minimum absolute atomic E-state index is 0.104. The van der Waals surface area contributed by atoms with Gasteiger partial charge in [0.15, 0.2) is 11.4 Å². The highest BCUT2D eigenvalue weighted by Crippen LogP contribution is 2.23. The van der Waals surface area contributed by atoms with Crippen LogP contribution in [0.25, 0.3) is 16.9 Å². The molecule has 0 saturated carbocycles. The Hall–Kier alpha value is -2.86. The van der Waals surface area contributed by atoms with E-state index in [-0.39, 0.29) is 5.78 Å². The number of nitrogens with zero attached hydrogens (tertiary/aromatic N) is 4. The Labute approximate surface area is 129 Å². The summed E-state index contributed by atoms with van der Waals surface area (Å²) in [5.41, 5.74) is 3.60. The number of thiophene rings is 1. The van der Waals surface area contributed by atoms with Crippen molar-refractivity contribution in [1.82, 2.24) is 19.6 Å². The summed E-state index contributed by atoms with van der Waals surface area (Å²) in [5, 5.41) is 8.39. The summed E-state index contributed by atoms with van der Waals surface area (Å²) in [6.07, 6.45) is 6.47. The van der Waals surface area contributed by atoms with Gasteiger partial charge in [-0.25, -0.2) is 9.50 Å². The number of hydrogen-bond donors (Lipinski definition) is 0. The lowest BCUT2D eigenvalue weighted by atomic mass is 10.1. The second-order valence-corrected chi connectivity index (χ2v) is 5.48. The molecule has 0 amide bonds. The van der Waals surface area contributed by atoms with E-state index in [1.165, 1.54) is 0 Å². The van der Waals surface area contributed by atoms with Crippen LogP contribution in [0, 0.1) is 0 Å². The molecule has 22 heavy (non-hydrogen) atoms. The van der Waals surface area contributed by atoms with Crippen LogP contribution < -0.4 is 0 Å². The highest BCUT2D eigenvalue weighted by Gasteiger charge is 2.17. The summed E-state index contributed by atoms with van der Waals surface area (Å²) in [5.74, 6) is -0.104. The lowest BCUT2D eigenvalue weighted by Gasteiger charge is -2.02. The van der Waals surface area contributed by atoms with E-state index in [1.807, 2.05) is 22.9 Å². The summed E-state index contributed by atoms with van der Waals surface area (Å²) < 4.78 is 1.70. The van der Waals surface area contributed by atoms with Crippen molar-refractivity contribution in [2.45, 2.75) is 0 Å². The largest absolute Gasteiger partial charge is 0.288 e. The molecule has 0 radical (unpaired) electrons. The maximum Gasteiger partial charge on any atom is 0.198 e. The fourth-order valence-electron chi connectivity index (χ4n) is 2.34. The van der Waals surface area contributed by atoms with Gasteiger partial charge in [-0.05, 0) is 29.6 Å². The van der Waals surface area contributed by atoms with Gasteiger partial charge >= 0.3 is 0 Å². The van der Waals surface area contributed by atoms with Gasteiger partial charge in [0.25, 0.3) is 0 Å². The monoisotopic (exact) mass is 306 g/mol. The van der Waals surface area contributed by atoms with Gasteiger partial charge in [0.2, 0.25) is 0 Å². The average Bonchev–Trinajstić information content (AvgIpc) is 3.24. The van der Waals surface area contributed by atoms with E-state index in [9.17, 15) is 4.79 Å². The van der Waals surface area contributed by atoms with E-state index in [4.69, 9.17) is 0 Å². The van der Waals surface area contributed by atoms with E-state index in [0.29, 0.717) is 16.8 Å². The number of fused-ring (bicyclic) bond motifs is 1. The third-order valence-electron chi connectivity index (χ3n) is 3.41. The smallest absolute Gasteiger partial charge is 0.198 e. The van der Waals surface area contributed by atoms with Crippen LogP contribution in [0.4, 0.5) is 0 Å². The van der Waals surface area contributed by atoms with Gasteiger partial charge in [0, 0.05) is 35.1 Å².